The maximum atomic E-state index is 13.0. The number of rotatable bonds is 10. The fourth-order valence-electron chi connectivity index (χ4n) is 6.89. The fourth-order valence-corrected chi connectivity index (χ4v) is 6.89. The molecule has 22 heteroatoms. The number of hydrogen-bond donors (Lipinski definition) is 6. The minimum Gasteiger partial charge on any atom is -0.542 e. The predicted molar refractivity (Wildman–Crippen MR) is 272 cm³/mol. The number of aromatic nitrogens is 4. The highest BCUT2D eigenvalue weighted by Gasteiger charge is 2.29. The molecule has 400 valence electrons. The number of aryl methyl sites for hydroxylation is 2. The molecule has 0 unspecified atom stereocenters. The standard InChI is InChI=1S/2C26H23N5O.2C2HF3O2/c2*1-30-15-12-20(13-16-30)18-29-26(32)24-17-22-6-2-3-7-23(22)31(24)14-4-5-19-8-10-21(11-9-19)25(27)28;2*3-2(4,5)1(6)7/h2*2-3,6-13,15-17H,14,18H2,1H3,(H3-,27,28,29,32);2*(H,6,7). The zero-order chi connectivity index (χ0) is 57.2. The molecule has 8 rings (SSSR count). The highest BCUT2D eigenvalue weighted by Crippen LogP contribution is 2.22. The Morgan fingerprint density at radius 1 is 0.538 bits per heavy atom. The summed E-state index contributed by atoms with van der Waals surface area (Å²) in [4.78, 5) is 43.6. The summed E-state index contributed by atoms with van der Waals surface area (Å²) < 4.78 is 70.9. The first-order valence-corrected chi connectivity index (χ1v) is 23.0. The molecule has 0 aliphatic carbocycles. The van der Waals surface area contributed by atoms with E-state index in [-0.39, 0.29) is 23.5 Å². The van der Waals surface area contributed by atoms with Crippen LogP contribution in [0.5, 0.6) is 0 Å². The summed E-state index contributed by atoms with van der Waals surface area (Å²) in [6.07, 6.45) is -2.57. The van der Waals surface area contributed by atoms with E-state index in [1.165, 1.54) is 0 Å². The Balaban J connectivity index is 0.000000231. The SMILES string of the molecule is C[n+]1ccc(CNC(=O)c2cc3ccccc3n2CC#Cc2ccc(C(=N)N)cc2)cc1.C[n+]1ccc(CNC(=O)c2cc3ccccc3n2CC#Cc2ccc(C(=N)N)cc2)cc1.O=C([O-])C(F)(F)F.O=C([O-])C(F)(F)F. The zero-order valence-corrected chi connectivity index (χ0v) is 41.5. The third-order valence-corrected chi connectivity index (χ3v) is 10.9. The molecule has 4 aromatic heterocycles. The van der Waals surface area contributed by atoms with E-state index in [0.29, 0.717) is 48.7 Å². The van der Waals surface area contributed by atoms with Crippen LogP contribution in [0, 0.1) is 34.5 Å². The van der Waals surface area contributed by atoms with Crippen LogP contribution in [0.25, 0.3) is 21.8 Å². The van der Waals surface area contributed by atoms with Crippen LogP contribution in [0.15, 0.2) is 158 Å². The number of nitrogens with zero attached hydrogens (tertiary/aromatic N) is 4. The number of benzene rings is 4. The van der Waals surface area contributed by atoms with Crippen LogP contribution in [0.2, 0.25) is 0 Å². The van der Waals surface area contributed by atoms with Crippen molar-refractivity contribution in [3.8, 4) is 23.7 Å². The van der Waals surface area contributed by atoms with E-state index in [1.54, 1.807) is 24.3 Å². The Bertz CT molecular complexity index is 3330. The maximum Gasteiger partial charge on any atom is 0.430 e. The van der Waals surface area contributed by atoms with Crippen LogP contribution >= 0.6 is 0 Å². The molecule has 16 nitrogen and oxygen atoms in total. The molecule has 4 aromatic carbocycles. The van der Waals surface area contributed by atoms with Crippen molar-refractivity contribution < 1.29 is 64.9 Å². The number of carbonyl (C=O) groups excluding carboxylic acids is 4. The number of nitrogens with one attached hydrogen (secondary N) is 4. The van der Waals surface area contributed by atoms with Crippen molar-refractivity contribution in [1.29, 1.82) is 10.8 Å². The van der Waals surface area contributed by atoms with Crippen LogP contribution in [-0.4, -0.2) is 56.9 Å². The molecule has 78 heavy (non-hydrogen) atoms. The molecule has 0 saturated carbocycles. The fraction of sp³-hybridized carbons (Fsp3) is 0.143. The van der Waals surface area contributed by atoms with Crippen molar-refractivity contribution in [2.24, 2.45) is 25.6 Å². The lowest BCUT2D eigenvalue weighted by atomic mass is 10.1. The van der Waals surface area contributed by atoms with Crippen molar-refractivity contribution in [2.75, 3.05) is 0 Å². The second kappa shape index (κ2) is 26.8. The average Bonchev–Trinajstić information content (AvgIpc) is 4.02. The Morgan fingerprint density at radius 2 is 0.846 bits per heavy atom. The van der Waals surface area contributed by atoms with Crippen LogP contribution < -0.4 is 41.4 Å². The van der Waals surface area contributed by atoms with Gasteiger partial charge in [0.25, 0.3) is 11.8 Å². The number of halogens is 6. The first kappa shape index (κ1) is 58.7. The first-order chi connectivity index (χ1) is 36.9. The second-order valence-corrected chi connectivity index (χ2v) is 16.6. The van der Waals surface area contributed by atoms with E-state index in [0.717, 1.165) is 44.1 Å². The van der Waals surface area contributed by atoms with E-state index in [1.807, 2.05) is 166 Å². The van der Waals surface area contributed by atoms with Crippen molar-refractivity contribution >= 4 is 57.2 Å². The van der Waals surface area contributed by atoms with Gasteiger partial charge in [-0.15, -0.1) is 0 Å². The number of carbonyl (C=O) groups is 4. The van der Waals surface area contributed by atoms with E-state index in [4.69, 9.17) is 42.1 Å². The molecule has 4 heterocycles. The molecule has 0 aliphatic rings. The van der Waals surface area contributed by atoms with Crippen LogP contribution in [0.4, 0.5) is 26.3 Å². The van der Waals surface area contributed by atoms with E-state index in [9.17, 15) is 35.9 Å². The smallest absolute Gasteiger partial charge is 0.430 e. The summed E-state index contributed by atoms with van der Waals surface area (Å²) in [5.74, 6) is 6.36. The van der Waals surface area contributed by atoms with Crippen molar-refractivity contribution in [3.05, 3.63) is 203 Å². The van der Waals surface area contributed by atoms with E-state index < -0.39 is 24.3 Å². The normalized spacial score (nSPS) is 10.6. The molecular weight excluding hydrogens is 1020 g/mol. The highest BCUT2D eigenvalue weighted by atomic mass is 19.4. The van der Waals surface area contributed by atoms with Gasteiger partial charge in [0.1, 0.15) is 49.1 Å². The number of amides is 2. The number of para-hydroxylation sites is 2. The summed E-state index contributed by atoms with van der Waals surface area (Å²) in [6.45, 7) is 1.67. The summed E-state index contributed by atoms with van der Waals surface area (Å²) in [6, 6.07) is 42.0. The number of carboxylic acid groups (broad SMARTS) is 2. The second-order valence-electron chi connectivity index (χ2n) is 16.6. The molecule has 0 atom stereocenters. The number of carboxylic acids is 2. The largest absolute Gasteiger partial charge is 0.542 e. The molecule has 8 N–H and O–H groups in total. The molecule has 2 amide bonds. The lowest BCUT2D eigenvalue weighted by Crippen LogP contribution is -2.37. The lowest BCUT2D eigenvalue weighted by molar-refractivity contribution is -0.671. The van der Waals surface area contributed by atoms with Gasteiger partial charge >= 0.3 is 12.4 Å². The van der Waals surface area contributed by atoms with Gasteiger partial charge < -0.3 is 51.0 Å². The number of aliphatic carboxylic acids is 2. The maximum absolute atomic E-state index is 13.0. The molecule has 0 spiro atoms. The summed E-state index contributed by atoms with van der Waals surface area (Å²) >= 11 is 0. The number of nitrogen functional groups attached to an aromatic ring is 2. The number of pyridine rings is 2. The van der Waals surface area contributed by atoms with Gasteiger partial charge in [-0.1, -0.05) is 84.3 Å². The first-order valence-electron chi connectivity index (χ1n) is 23.0. The molecule has 0 radical (unpaired) electrons. The summed E-state index contributed by atoms with van der Waals surface area (Å²) in [5.41, 5.74) is 19.1. The molecule has 0 bridgehead atoms. The third-order valence-electron chi connectivity index (χ3n) is 10.9. The monoisotopic (exact) mass is 1070 g/mol. The Morgan fingerprint density at radius 3 is 1.14 bits per heavy atom. The van der Waals surface area contributed by atoms with Crippen LogP contribution in [0.1, 0.15) is 54.4 Å². The number of amidine groups is 2. The van der Waals surface area contributed by atoms with Gasteiger partial charge in [-0.25, -0.2) is 9.13 Å². The summed E-state index contributed by atoms with van der Waals surface area (Å²) in [5, 5.41) is 40.5. The number of alkyl halides is 6. The Kier molecular flexibility index (Phi) is 20.2. The van der Waals surface area contributed by atoms with Crippen molar-refractivity contribution in [1.82, 2.24) is 19.8 Å². The predicted octanol–water partition coefficient (Wildman–Crippen LogP) is 4.06. The molecule has 0 fully saturated rings. The quantitative estimate of drug-likeness (QED) is 0.0382. The van der Waals surface area contributed by atoms with Crippen LogP contribution in [-0.2, 0) is 49.9 Å². The minimum absolute atomic E-state index is 0.0309. The summed E-state index contributed by atoms with van der Waals surface area (Å²) in [7, 11) is 3.92. The highest BCUT2D eigenvalue weighted by molar-refractivity contribution is 6.00. The molecule has 0 saturated heterocycles. The number of nitrogens with two attached hydrogens (primary N) is 2. The van der Waals surface area contributed by atoms with Crippen LogP contribution in [0.3, 0.4) is 0 Å². The lowest BCUT2D eigenvalue weighted by Gasteiger charge is -2.08. The Labute approximate surface area is 442 Å². The van der Waals surface area contributed by atoms with E-state index in [2.05, 4.69) is 34.3 Å². The van der Waals surface area contributed by atoms with Gasteiger partial charge in [0.05, 0.1) is 13.1 Å². The van der Waals surface area contributed by atoms with Gasteiger partial charge in [0, 0.05) is 81.4 Å². The van der Waals surface area contributed by atoms with Gasteiger partial charge in [0.2, 0.25) is 0 Å². The van der Waals surface area contributed by atoms with Gasteiger partial charge in [-0.05, 0) is 59.7 Å². The number of hydrogen-bond acceptors (Lipinski definition) is 8. The molecule has 0 aliphatic heterocycles. The van der Waals surface area contributed by atoms with Gasteiger partial charge in [-0.3, -0.25) is 20.4 Å². The van der Waals surface area contributed by atoms with Crippen molar-refractivity contribution in [3.63, 3.8) is 0 Å². The van der Waals surface area contributed by atoms with Gasteiger partial charge in [-0.2, -0.15) is 26.3 Å². The van der Waals surface area contributed by atoms with Gasteiger partial charge in [0.15, 0.2) is 24.8 Å². The van der Waals surface area contributed by atoms with Crippen molar-refractivity contribution in [2.45, 2.75) is 38.5 Å². The van der Waals surface area contributed by atoms with E-state index >= 15 is 0 Å². The Hall–Kier alpha value is -10.2. The zero-order valence-electron chi connectivity index (χ0n) is 41.5. The topological polar surface area (TPSA) is 256 Å². The minimum atomic E-state index is -5.19. The third kappa shape index (κ3) is 17.4. The molecule has 8 aromatic rings. The molecular formula is C56H48F6N10O6. The average molecular weight is 1070 g/mol. The number of fused-ring (bicyclic) bond motifs is 2.